The van der Waals surface area contributed by atoms with Crippen LogP contribution in [-0.4, -0.2) is 49.3 Å². The summed E-state index contributed by atoms with van der Waals surface area (Å²) in [5.74, 6) is 0. The lowest BCUT2D eigenvalue weighted by molar-refractivity contribution is 0.104. The van der Waals surface area contributed by atoms with E-state index in [2.05, 4.69) is 31.1 Å². The Morgan fingerprint density at radius 1 is 1.38 bits per heavy atom. The molecule has 3 nitrogen and oxygen atoms in total. The van der Waals surface area contributed by atoms with E-state index in [0.29, 0.717) is 5.41 Å². The van der Waals surface area contributed by atoms with Crippen molar-refractivity contribution in [3.05, 3.63) is 0 Å². The maximum Gasteiger partial charge on any atom is 0.0584 e. The summed E-state index contributed by atoms with van der Waals surface area (Å²) in [6, 6.07) is 0.277. The fourth-order valence-electron chi connectivity index (χ4n) is 2.73. The third-order valence-electron chi connectivity index (χ3n) is 4.02. The molecule has 0 heterocycles. The van der Waals surface area contributed by atoms with E-state index in [4.69, 9.17) is 0 Å². The molecule has 2 N–H and O–H groups in total. The third kappa shape index (κ3) is 3.72. The van der Waals surface area contributed by atoms with Gasteiger partial charge in [0.2, 0.25) is 0 Å². The van der Waals surface area contributed by atoms with Crippen molar-refractivity contribution >= 4 is 0 Å². The molecule has 3 heteroatoms. The first-order valence-electron chi connectivity index (χ1n) is 6.65. The summed E-state index contributed by atoms with van der Waals surface area (Å²) in [6.07, 6.45) is 5.41. The molecule has 1 aliphatic rings. The standard InChI is InChI=1S/C13H28N2O/c1-4-14-10-13(7-5-6-8-13)11-15(3)12(2)9-16/h12,14,16H,4-11H2,1-3H3. The van der Waals surface area contributed by atoms with Crippen LogP contribution < -0.4 is 5.32 Å². The van der Waals surface area contributed by atoms with E-state index in [9.17, 15) is 5.11 Å². The smallest absolute Gasteiger partial charge is 0.0584 e. The highest BCUT2D eigenvalue weighted by atomic mass is 16.3. The number of hydrogen-bond acceptors (Lipinski definition) is 3. The second-order valence-corrected chi connectivity index (χ2v) is 5.43. The Bertz CT molecular complexity index is 190. The van der Waals surface area contributed by atoms with Gasteiger partial charge in [0.1, 0.15) is 0 Å². The van der Waals surface area contributed by atoms with E-state index >= 15 is 0 Å². The van der Waals surface area contributed by atoms with E-state index in [1.54, 1.807) is 0 Å². The van der Waals surface area contributed by atoms with Crippen LogP contribution in [0.1, 0.15) is 39.5 Å². The van der Waals surface area contributed by atoms with Gasteiger partial charge >= 0.3 is 0 Å². The molecular weight excluding hydrogens is 200 g/mol. The van der Waals surface area contributed by atoms with Crippen molar-refractivity contribution < 1.29 is 5.11 Å². The lowest BCUT2D eigenvalue weighted by Gasteiger charge is -2.36. The molecular formula is C13H28N2O. The summed E-state index contributed by atoms with van der Waals surface area (Å²) >= 11 is 0. The number of hydrogen-bond donors (Lipinski definition) is 2. The summed E-state index contributed by atoms with van der Waals surface area (Å²) < 4.78 is 0. The second-order valence-electron chi connectivity index (χ2n) is 5.43. The first-order valence-corrected chi connectivity index (χ1v) is 6.65. The fraction of sp³-hybridized carbons (Fsp3) is 1.00. The van der Waals surface area contributed by atoms with Crippen molar-refractivity contribution in [1.82, 2.24) is 10.2 Å². The average Bonchev–Trinajstić information content (AvgIpc) is 2.74. The van der Waals surface area contributed by atoms with Crippen LogP contribution in [-0.2, 0) is 0 Å². The summed E-state index contributed by atoms with van der Waals surface area (Å²) in [6.45, 7) is 7.82. The molecule has 1 rings (SSSR count). The molecule has 1 saturated carbocycles. The predicted octanol–water partition coefficient (Wildman–Crippen LogP) is 1.47. The minimum atomic E-state index is 0.258. The Kier molecular flexibility index (Phi) is 5.73. The van der Waals surface area contributed by atoms with E-state index in [1.807, 2.05) is 0 Å². The first-order chi connectivity index (χ1) is 7.63. The number of nitrogens with zero attached hydrogens (tertiary/aromatic N) is 1. The minimum absolute atomic E-state index is 0.258. The maximum absolute atomic E-state index is 9.18. The summed E-state index contributed by atoms with van der Waals surface area (Å²) in [7, 11) is 2.13. The molecule has 16 heavy (non-hydrogen) atoms. The normalized spacial score (nSPS) is 21.6. The first kappa shape index (κ1) is 13.9. The van der Waals surface area contributed by atoms with E-state index in [0.717, 1.165) is 19.6 Å². The lowest BCUT2D eigenvalue weighted by Crippen LogP contribution is -2.45. The highest BCUT2D eigenvalue weighted by Gasteiger charge is 2.34. The highest BCUT2D eigenvalue weighted by Crippen LogP contribution is 2.38. The van der Waals surface area contributed by atoms with Gasteiger partial charge in [0, 0.05) is 19.1 Å². The third-order valence-corrected chi connectivity index (χ3v) is 4.02. The summed E-state index contributed by atoms with van der Waals surface area (Å²) in [5.41, 5.74) is 0.453. The van der Waals surface area contributed by atoms with E-state index in [1.165, 1.54) is 25.7 Å². The molecule has 1 aliphatic carbocycles. The van der Waals surface area contributed by atoms with Crippen LogP contribution in [0.4, 0.5) is 0 Å². The van der Waals surface area contributed by atoms with Crippen LogP contribution in [0.5, 0.6) is 0 Å². The van der Waals surface area contributed by atoms with E-state index in [-0.39, 0.29) is 12.6 Å². The number of aliphatic hydroxyl groups excluding tert-OH is 1. The Morgan fingerprint density at radius 2 is 2.00 bits per heavy atom. The minimum Gasteiger partial charge on any atom is -0.395 e. The van der Waals surface area contributed by atoms with Crippen molar-refractivity contribution in [2.45, 2.75) is 45.6 Å². The molecule has 0 saturated heterocycles. The zero-order valence-electron chi connectivity index (χ0n) is 11.1. The van der Waals surface area contributed by atoms with Crippen molar-refractivity contribution in [1.29, 1.82) is 0 Å². The average molecular weight is 228 g/mol. The Hall–Kier alpha value is -0.120. The molecule has 96 valence electrons. The van der Waals surface area contributed by atoms with Gasteiger partial charge < -0.3 is 15.3 Å². The molecule has 0 spiro atoms. The summed E-state index contributed by atoms with van der Waals surface area (Å²) in [4.78, 5) is 2.31. The molecule has 0 aromatic heterocycles. The van der Waals surface area contributed by atoms with Gasteiger partial charge in [0.05, 0.1) is 6.61 Å². The molecule has 0 amide bonds. The molecule has 0 bridgehead atoms. The quantitative estimate of drug-likeness (QED) is 0.692. The zero-order chi connectivity index (χ0) is 12.0. The van der Waals surface area contributed by atoms with Crippen LogP contribution >= 0.6 is 0 Å². The highest BCUT2D eigenvalue weighted by molar-refractivity contribution is 4.89. The molecule has 1 atom stereocenters. The fourth-order valence-corrected chi connectivity index (χ4v) is 2.73. The van der Waals surface area contributed by atoms with Crippen LogP contribution in [0, 0.1) is 5.41 Å². The van der Waals surface area contributed by atoms with Crippen LogP contribution in [0.15, 0.2) is 0 Å². The van der Waals surface area contributed by atoms with Crippen molar-refractivity contribution in [3.8, 4) is 0 Å². The largest absolute Gasteiger partial charge is 0.395 e. The van der Waals surface area contributed by atoms with Crippen LogP contribution in [0.3, 0.4) is 0 Å². The van der Waals surface area contributed by atoms with Crippen molar-refractivity contribution in [2.24, 2.45) is 5.41 Å². The van der Waals surface area contributed by atoms with Crippen LogP contribution in [0.2, 0.25) is 0 Å². The van der Waals surface area contributed by atoms with Gasteiger partial charge in [-0.05, 0) is 38.8 Å². The van der Waals surface area contributed by atoms with Gasteiger partial charge in [-0.3, -0.25) is 0 Å². The topological polar surface area (TPSA) is 35.5 Å². The van der Waals surface area contributed by atoms with E-state index < -0.39 is 0 Å². The molecule has 0 aliphatic heterocycles. The SMILES string of the molecule is CCNCC1(CN(C)C(C)CO)CCCC1. The van der Waals surface area contributed by atoms with Gasteiger partial charge in [-0.2, -0.15) is 0 Å². The predicted molar refractivity (Wildman–Crippen MR) is 68.6 cm³/mol. The number of nitrogens with one attached hydrogen (secondary N) is 1. The molecule has 0 aromatic carbocycles. The monoisotopic (exact) mass is 228 g/mol. The molecule has 1 fully saturated rings. The molecule has 1 unspecified atom stereocenters. The van der Waals surface area contributed by atoms with Gasteiger partial charge in [-0.15, -0.1) is 0 Å². The van der Waals surface area contributed by atoms with Crippen molar-refractivity contribution in [2.75, 3.05) is 33.3 Å². The summed E-state index contributed by atoms with van der Waals surface area (Å²) in [5, 5.41) is 12.7. The number of likely N-dealkylation sites (N-methyl/N-ethyl adjacent to an activating group) is 1. The van der Waals surface area contributed by atoms with Crippen molar-refractivity contribution in [3.63, 3.8) is 0 Å². The maximum atomic E-state index is 9.18. The van der Waals surface area contributed by atoms with Crippen LogP contribution in [0.25, 0.3) is 0 Å². The molecule has 0 radical (unpaired) electrons. The van der Waals surface area contributed by atoms with Gasteiger partial charge in [-0.25, -0.2) is 0 Å². The lowest BCUT2D eigenvalue weighted by atomic mass is 9.85. The Morgan fingerprint density at radius 3 is 2.50 bits per heavy atom. The van der Waals surface area contributed by atoms with Gasteiger partial charge in [0.15, 0.2) is 0 Å². The Balaban J connectivity index is 2.49. The van der Waals surface area contributed by atoms with Gasteiger partial charge in [0.25, 0.3) is 0 Å². The number of rotatable bonds is 7. The zero-order valence-corrected chi connectivity index (χ0v) is 11.1. The Labute approximate surface area is 100 Å². The number of aliphatic hydroxyl groups is 1. The van der Waals surface area contributed by atoms with Gasteiger partial charge in [-0.1, -0.05) is 19.8 Å². The molecule has 0 aromatic rings. The second kappa shape index (κ2) is 6.58.